The van der Waals surface area contributed by atoms with Crippen molar-refractivity contribution in [2.24, 2.45) is 0 Å². The lowest BCUT2D eigenvalue weighted by Gasteiger charge is -1.91. The van der Waals surface area contributed by atoms with E-state index in [1.807, 2.05) is 0 Å². The van der Waals surface area contributed by atoms with Crippen LogP contribution in [-0.2, 0) is 23.0 Å². The Labute approximate surface area is 94.9 Å². The minimum Gasteiger partial charge on any atom is -0.294 e. The standard InChI is InChI=1S/C9H9O5P2/c10-9(6-7-13-15-11)14-16(12)8-4-2-1-3-5-8/h1-5H,6-7H2/q+1. The summed E-state index contributed by atoms with van der Waals surface area (Å²) in [7, 11) is -2.66. The first kappa shape index (κ1) is 12.9. The molecule has 1 unspecified atom stereocenters. The summed E-state index contributed by atoms with van der Waals surface area (Å²) in [5, 5.41) is 0.453. The highest BCUT2D eigenvalue weighted by atomic mass is 31.1. The van der Waals surface area contributed by atoms with Crippen molar-refractivity contribution in [2.45, 2.75) is 6.42 Å². The van der Waals surface area contributed by atoms with E-state index in [4.69, 9.17) is 0 Å². The molecule has 0 aliphatic carbocycles. The van der Waals surface area contributed by atoms with Gasteiger partial charge in [-0.3, -0.25) is 4.52 Å². The molecule has 0 spiro atoms. The van der Waals surface area contributed by atoms with Gasteiger partial charge in [0.05, 0.1) is 13.0 Å². The number of rotatable bonds is 6. The SMILES string of the molecule is O=POCCC(=O)O[P+](=O)c1ccccc1. The zero-order chi connectivity index (χ0) is 11.8. The van der Waals surface area contributed by atoms with Gasteiger partial charge in [0.1, 0.15) is 0 Å². The fraction of sp³-hybridized carbons (Fsp3) is 0.222. The van der Waals surface area contributed by atoms with Crippen molar-refractivity contribution in [1.82, 2.24) is 0 Å². The fourth-order valence-electron chi connectivity index (χ4n) is 0.907. The van der Waals surface area contributed by atoms with Crippen molar-refractivity contribution in [3.63, 3.8) is 0 Å². The van der Waals surface area contributed by atoms with E-state index in [1.165, 1.54) is 0 Å². The minimum absolute atomic E-state index is 0.0259. The zero-order valence-corrected chi connectivity index (χ0v) is 10.0. The molecular weight excluding hydrogens is 250 g/mol. The normalized spacial score (nSPS) is 11.1. The molecule has 0 bridgehead atoms. The third-order valence-corrected chi connectivity index (χ3v) is 2.98. The Bertz CT molecular complexity index is 379. The number of benzene rings is 1. The third kappa shape index (κ3) is 4.58. The van der Waals surface area contributed by atoms with Crippen LogP contribution < -0.4 is 5.30 Å². The fourth-order valence-corrected chi connectivity index (χ4v) is 1.87. The first-order chi connectivity index (χ1) is 7.74. The van der Waals surface area contributed by atoms with Crippen LogP contribution in [0.25, 0.3) is 0 Å². The topological polar surface area (TPSA) is 69.7 Å². The van der Waals surface area contributed by atoms with Crippen LogP contribution in [0.15, 0.2) is 30.3 Å². The first-order valence-electron chi connectivity index (χ1n) is 4.42. The molecule has 1 aromatic rings. The Morgan fingerprint density at radius 1 is 1.31 bits per heavy atom. The molecule has 0 radical (unpaired) electrons. The third-order valence-electron chi connectivity index (χ3n) is 1.60. The Hall–Kier alpha value is -1.15. The number of carbonyl (C=O) groups is 1. The van der Waals surface area contributed by atoms with E-state index >= 15 is 0 Å². The van der Waals surface area contributed by atoms with Crippen molar-refractivity contribution in [2.75, 3.05) is 6.61 Å². The highest BCUT2D eigenvalue weighted by Crippen LogP contribution is 2.21. The molecular formula is C9H9O5P2+. The van der Waals surface area contributed by atoms with Crippen LogP contribution >= 0.6 is 16.7 Å². The summed E-state index contributed by atoms with van der Waals surface area (Å²) >= 11 is 0. The Kier molecular flexibility index (Phi) is 5.79. The maximum atomic E-state index is 11.5. The summed E-state index contributed by atoms with van der Waals surface area (Å²) in [5.41, 5.74) is 0. The Morgan fingerprint density at radius 3 is 2.62 bits per heavy atom. The Morgan fingerprint density at radius 2 is 2.00 bits per heavy atom. The van der Waals surface area contributed by atoms with Crippen molar-refractivity contribution < 1.29 is 23.0 Å². The largest absolute Gasteiger partial charge is 0.600 e. The van der Waals surface area contributed by atoms with E-state index in [1.54, 1.807) is 30.3 Å². The maximum Gasteiger partial charge on any atom is 0.600 e. The first-order valence-corrected chi connectivity index (χ1v) is 6.32. The van der Waals surface area contributed by atoms with Gasteiger partial charge in [0.15, 0.2) is 0 Å². The van der Waals surface area contributed by atoms with E-state index in [9.17, 15) is 13.9 Å². The average Bonchev–Trinajstić information content (AvgIpc) is 2.30. The molecule has 0 saturated heterocycles. The summed E-state index contributed by atoms with van der Waals surface area (Å²) in [6.07, 6.45) is -0.0802. The lowest BCUT2D eigenvalue weighted by molar-refractivity contribution is -0.134. The van der Waals surface area contributed by atoms with Gasteiger partial charge in [0.2, 0.25) is 5.30 Å². The van der Waals surface area contributed by atoms with Crippen LogP contribution in [0.3, 0.4) is 0 Å². The van der Waals surface area contributed by atoms with Gasteiger partial charge in [-0.25, -0.2) is 13.9 Å². The predicted octanol–water partition coefficient (Wildman–Crippen LogP) is 2.21. The van der Waals surface area contributed by atoms with Crippen molar-refractivity contribution in [3.05, 3.63) is 30.3 Å². The molecule has 0 saturated carbocycles. The summed E-state index contributed by atoms with van der Waals surface area (Å²) in [6, 6.07) is 8.40. The molecule has 1 aromatic carbocycles. The van der Waals surface area contributed by atoms with E-state index < -0.39 is 22.7 Å². The summed E-state index contributed by atoms with van der Waals surface area (Å²) < 4.78 is 30.5. The summed E-state index contributed by atoms with van der Waals surface area (Å²) in [5.74, 6) is -0.645. The molecule has 0 aliphatic rings. The van der Waals surface area contributed by atoms with Gasteiger partial charge in [0, 0.05) is 0 Å². The van der Waals surface area contributed by atoms with Crippen LogP contribution in [0.1, 0.15) is 6.42 Å². The van der Waals surface area contributed by atoms with Gasteiger partial charge in [-0.2, -0.15) is 0 Å². The van der Waals surface area contributed by atoms with Crippen molar-refractivity contribution in [3.8, 4) is 0 Å². The lowest BCUT2D eigenvalue weighted by atomic mass is 10.4. The van der Waals surface area contributed by atoms with Gasteiger partial charge >= 0.3 is 22.7 Å². The van der Waals surface area contributed by atoms with E-state index in [2.05, 4.69) is 9.05 Å². The second-order valence-corrected chi connectivity index (χ2v) is 4.33. The minimum atomic E-state index is -2.17. The Balaban J connectivity index is 2.40. The predicted molar refractivity (Wildman–Crippen MR) is 58.0 cm³/mol. The number of hydrogen-bond acceptors (Lipinski definition) is 5. The molecule has 0 fully saturated rings. The zero-order valence-electron chi connectivity index (χ0n) is 8.24. The molecule has 5 nitrogen and oxygen atoms in total. The molecule has 0 heterocycles. The van der Waals surface area contributed by atoms with Gasteiger partial charge < -0.3 is 0 Å². The molecule has 7 heteroatoms. The molecule has 16 heavy (non-hydrogen) atoms. The molecule has 0 amide bonds. The molecule has 1 rings (SSSR count). The summed E-state index contributed by atoms with van der Waals surface area (Å²) in [4.78, 5) is 11.1. The van der Waals surface area contributed by atoms with Crippen molar-refractivity contribution in [1.29, 1.82) is 0 Å². The van der Waals surface area contributed by atoms with Gasteiger partial charge in [-0.05, 0) is 16.7 Å². The highest BCUT2D eigenvalue weighted by molar-refractivity contribution is 7.48. The summed E-state index contributed by atoms with van der Waals surface area (Å²) in [6.45, 7) is -0.0259. The van der Waals surface area contributed by atoms with Crippen LogP contribution in [0.4, 0.5) is 0 Å². The quantitative estimate of drug-likeness (QED) is 0.578. The van der Waals surface area contributed by atoms with E-state index in [0.717, 1.165) is 0 Å². The van der Waals surface area contributed by atoms with E-state index in [-0.39, 0.29) is 13.0 Å². The molecule has 0 aromatic heterocycles. The number of carbonyl (C=O) groups excluding carboxylic acids is 1. The van der Waals surface area contributed by atoms with Gasteiger partial charge in [-0.1, -0.05) is 18.2 Å². The molecule has 84 valence electrons. The second kappa shape index (κ2) is 7.18. The van der Waals surface area contributed by atoms with Crippen molar-refractivity contribution >= 4 is 28.0 Å². The molecule has 0 N–H and O–H groups in total. The van der Waals surface area contributed by atoms with Gasteiger partial charge in [0.25, 0.3) is 0 Å². The second-order valence-electron chi connectivity index (χ2n) is 2.71. The van der Waals surface area contributed by atoms with Gasteiger partial charge in [-0.15, -0.1) is 0 Å². The molecule has 1 atom stereocenters. The highest BCUT2D eigenvalue weighted by Gasteiger charge is 2.26. The van der Waals surface area contributed by atoms with E-state index in [0.29, 0.717) is 5.30 Å². The molecule has 0 aliphatic heterocycles. The number of hydrogen-bond donors (Lipinski definition) is 0. The van der Waals surface area contributed by atoms with Crippen LogP contribution in [0, 0.1) is 0 Å². The van der Waals surface area contributed by atoms with Crippen LogP contribution in [0.5, 0.6) is 0 Å². The smallest absolute Gasteiger partial charge is 0.294 e. The van der Waals surface area contributed by atoms with Crippen LogP contribution in [0.2, 0.25) is 0 Å². The maximum absolute atomic E-state index is 11.5. The average molecular weight is 259 g/mol. The monoisotopic (exact) mass is 259 g/mol. The van der Waals surface area contributed by atoms with Crippen LogP contribution in [-0.4, -0.2) is 12.6 Å². The lowest BCUT2D eigenvalue weighted by Crippen LogP contribution is -2.06.